The molecule has 23 heavy (non-hydrogen) atoms. The van der Waals surface area contributed by atoms with Crippen LogP contribution in [-0.2, 0) is 13.1 Å². The van der Waals surface area contributed by atoms with Crippen molar-refractivity contribution in [3.63, 3.8) is 0 Å². The third kappa shape index (κ3) is 6.91. The molecule has 0 spiro atoms. The van der Waals surface area contributed by atoms with Crippen molar-refractivity contribution in [2.24, 2.45) is 0 Å². The molecule has 0 saturated heterocycles. The van der Waals surface area contributed by atoms with E-state index in [-0.39, 0.29) is 0 Å². The molecule has 0 aliphatic rings. The number of nitrogens with zero attached hydrogens (tertiary/aromatic N) is 2. The van der Waals surface area contributed by atoms with Crippen molar-refractivity contribution >= 4 is 23.9 Å². The van der Waals surface area contributed by atoms with Gasteiger partial charge in [0.1, 0.15) is 0 Å². The summed E-state index contributed by atoms with van der Waals surface area (Å²) < 4.78 is 28.6. The molecule has 2 aromatic rings. The van der Waals surface area contributed by atoms with Crippen molar-refractivity contribution in [3.05, 3.63) is 71.8 Å². The van der Waals surface area contributed by atoms with Gasteiger partial charge >= 0.3 is 4.59 Å². The van der Waals surface area contributed by atoms with Crippen LogP contribution < -0.4 is 0 Å². The van der Waals surface area contributed by atoms with Gasteiger partial charge in [0.05, 0.1) is 0 Å². The summed E-state index contributed by atoms with van der Waals surface area (Å²) in [6, 6.07) is 19.2. The second kappa shape index (κ2) is 8.68. The smallest absolute Gasteiger partial charge is 0.244 e. The highest BCUT2D eigenvalue weighted by Crippen LogP contribution is 2.43. The lowest BCUT2D eigenvalue weighted by molar-refractivity contribution is 0.200. The highest BCUT2D eigenvalue weighted by molar-refractivity contribution is 8.15. The van der Waals surface area contributed by atoms with E-state index in [1.165, 1.54) is 0 Å². The molecule has 0 saturated carbocycles. The average molecular weight is 354 g/mol. The Morgan fingerprint density at radius 2 is 1.09 bits per heavy atom. The minimum atomic E-state index is -2.91. The van der Waals surface area contributed by atoms with Gasteiger partial charge < -0.3 is 0 Å². The molecule has 0 fully saturated rings. The molecule has 6 heteroatoms. The molecule has 0 bridgehead atoms. The van der Waals surface area contributed by atoms with E-state index < -0.39 is 4.59 Å². The monoisotopic (exact) mass is 354 g/mol. The maximum absolute atomic E-state index is 14.2. The van der Waals surface area contributed by atoms with Crippen LogP contribution in [-0.4, -0.2) is 27.3 Å². The molecule has 0 aliphatic heterocycles. The molecule has 2 aromatic carbocycles. The fraction of sp³-hybridized carbons (Fsp3) is 0.294. The number of benzene rings is 2. The Labute approximate surface area is 145 Å². The second-order valence-electron chi connectivity index (χ2n) is 5.19. The topological polar surface area (TPSA) is 6.48 Å². The first-order chi connectivity index (χ1) is 10.9. The Morgan fingerprint density at radius 3 is 1.43 bits per heavy atom. The minimum Gasteiger partial charge on any atom is -0.244 e. The summed E-state index contributed by atoms with van der Waals surface area (Å²) in [6.45, 7) is 0.952. The summed E-state index contributed by atoms with van der Waals surface area (Å²) in [6.07, 6.45) is 0. The van der Waals surface area contributed by atoms with Gasteiger partial charge in [0.25, 0.3) is 0 Å². The molecule has 0 atom stereocenters. The molecule has 2 rings (SSSR count). The van der Waals surface area contributed by atoms with Crippen molar-refractivity contribution in [2.45, 2.75) is 17.7 Å². The molecule has 0 radical (unpaired) electrons. The van der Waals surface area contributed by atoms with Crippen LogP contribution in [0.15, 0.2) is 60.7 Å². The Morgan fingerprint density at radius 1 is 0.739 bits per heavy atom. The summed E-state index contributed by atoms with van der Waals surface area (Å²) in [5, 5.41) is 0. The zero-order chi connectivity index (χ0) is 16.7. The maximum atomic E-state index is 14.2. The molecule has 2 nitrogen and oxygen atoms in total. The lowest BCUT2D eigenvalue weighted by atomic mass is 10.2. The largest absolute Gasteiger partial charge is 0.368 e. The third-order valence-electron chi connectivity index (χ3n) is 3.02. The van der Waals surface area contributed by atoms with Gasteiger partial charge in [-0.25, -0.2) is 8.61 Å². The van der Waals surface area contributed by atoms with Crippen molar-refractivity contribution in [2.75, 3.05) is 14.1 Å². The third-order valence-corrected chi connectivity index (χ3v) is 4.77. The lowest BCUT2D eigenvalue weighted by Gasteiger charge is -2.25. The van der Waals surface area contributed by atoms with Gasteiger partial charge in [0.15, 0.2) is 0 Å². The van der Waals surface area contributed by atoms with Crippen molar-refractivity contribution in [3.8, 4) is 0 Å². The number of hydrogen-bond acceptors (Lipinski definition) is 4. The normalized spacial score (nSPS) is 12.1. The summed E-state index contributed by atoms with van der Waals surface area (Å²) in [5.41, 5.74) is 2.03. The minimum absolute atomic E-state index is 0.476. The quantitative estimate of drug-likeness (QED) is 0.480. The second-order valence-corrected chi connectivity index (χ2v) is 8.08. The highest BCUT2D eigenvalue weighted by Gasteiger charge is 2.35. The Bertz CT molecular complexity index is 530. The zero-order valence-electron chi connectivity index (χ0n) is 13.2. The fourth-order valence-electron chi connectivity index (χ4n) is 2.13. The van der Waals surface area contributed by atoms with Crippen LogP contribution in [0, 0.1) is 0 Å². The number of alkyl halides is 2. The van der Waals surface area contributed by atoms with E-state index in [1.54, 1.807) is 22.7 Å². The first-order valence-corrected chi connectivity index (χ1v) is 8.75. The van der Waals surface area contributed by atoms with Crippen LogP contribution in [0.1, 0.15) is 11.1 Å². The summed E-state index contributed by atoms with van der Waals surface area (Å²) >= 11 is 1.11. The Kier molecular flexibility index (Phi) is 6.89. The fourth-order valence-corrected chi connectivity index (χ4v) is 4.17. The molecule has 0 aliphatic carbocycles. The molecule has 0 heterocycles. The van der Waals surface area contributed by atoms with Gasteiger partial charge in [0, 0.05) is 37.0 Å². The summed E-state index contributed by atoms with van der Waals surface area (Å²) in [4.78, 5) is 0. The zero-order valence-corrected chi connectivity index (χ0v) is 14.8. The predicted octanol–water partition coefficient (Wildman–Crippen LogP) is 5.10. The predicted molar refractivity (Wildman–Crippen MR) is 95.9 cm³/mol. The Balaban J connectivity index is 1.83. The van der Waals surface area contributed by atoms with Crippen LogP contribution >= 0.6 is 23.9 Å². The number of rotatable bonds is 8. The van der Waals surface area contributed by atoms with Crippen molar-refractivity contribution < 1.29 is 8.78 Å². The van der Waals surface area contributed by atoms with Gasteiger partial charge in [-0.2, -0.15) is 8.78 Å². The SMILES string of the molecule is CN(Cc1ccccc1)SC(F)(F)SN(C)Cc1ccccc1. The van der Waals surface area contributed by atoms with E-state index in [0.29, 0.717) is 37.0 Å². The van der Waals surface area contributed by atoms with E-state index in [4.69, 9.17) is 0 Å². The maximum Gasteiger partial charge on any atom is 0.368 e. The van der Waals surface area contributed by atoms with Crippen molar-refractivity contribution in [1.82, 2.24) is 8.61 Å². The van der Waals surface area contributed by atoms with E-state index in [9.17, 15) is 8.78 Å². The standard InChI is InChI=1S/C17H20F2N2S2/c1-20(13-15-9-5-3-6-10-15)22-17(18,19)23-21(2)14-16-11-7-4-8-12-16/h3-12H,13-14H2,1-2H3. The highest BCUT2D eigenvalue weighted by atomic mass is 32.2. The van der Waals surface area contributed by atoms with Gasteiger partial charge in [-0.05, 0) is 25.2 Å². The summed E-state index contributed by atoms with van der Waals surface area (Å²) in [5.74, 6) is 0. The van der Waals surface area contributed by atoms with Gasteiger partial charge in [-0.3, -0.25) is 0 Å². The number of hydrogen-bond donors (Lipinski definition) is 0. The van der Waals surface area contributed by atoms with Gasteiger partial charge in [0.2, 0.25) is 0 Å². The van der Waals surface area contributed by atoms with E-state index >= 15 is 0 Å². The molecular formula is C17H20F2N2S2. The number of halogens is 2. The van der Waals surface area contributed by atoms with Crippen LogP contribution in [0.25, 0.3) is 0 Å². The van der Waals surface area contributed by atoms with E-state index in [1.807, 2.05) is 60.7 Å². The molecule has 0 amide bonds. The average Bonchev–Trinajstić information content (AvgIpc) is 2.47. The van der Waals surface area contributed by atoms with Crippen molar-refractivity contribution in [1.29, 1.82) is 0 Å². The van der Waals surface area contributed by atoms with Crippen LogP contribution in [0.3, 0.4) is 0 Å². The molecule has 0 unspecified atom stereocenters. The van der Waals surface area contributed by atoms with Crippen LogP contribution in [0.5, 0.6) is 0 Å². The molecule has 124 valence electrons. The van der Waals surface area contributed by atoms with Crippen LogP contribution in [0.2, 0.25) is 0 Å². The molecule has 0 N–H and O–H groups in total. The van der Waals surface area contributed by atoms with Gasteiger partial charge in [-0.1, -0.05) is 60.7 Å². The Hall–Kier alpha value is -1.08. The molecular weight excluding hydrogens is 334 g/mol. The lowest BCUT2D eigenvalue weighted by Crippen LogP contribution is -2.22. The molecule has 0 aromatic heterocycles. The summed E-state index contributed by atoms with van der Waals surface area (Å²) in [7, 11) is 3.37. The first-order valence-electron chi connectivity index (χ1n) is 7.21. The van der Waals surface area contributed by atoms with E-state index in [0.717, 1.165) is 11.1 Å². The first kappa shape index (κ1) is 18.3. The van der Waals surface area contributed by atoms with Gasteiger partial charge in [-0.15, -0.1) is 0 Å². The van der Waals surface area contributed by atoms with Crippen LogP contribution in [0.4, 0.5) is 8.78 Å². The van der Waals surface area contributed by atoms with E-state index in [2.05, 4.69) is 0 Å².